The Bertz CT molecular complexity index is 1510. The van der Waals surface area contributed by atoms with Gasteiger partial charge < -0.3 is 19.7 Å². The van der Waals surface area contributed by atoms with E-state index in [1.54, 1.807) is 52.0 Å². The molecule has 17 heteroatoms. The van der Waals surface area contributed by atoms with E-state index in [1.165, 1.54) is 4.90 Å². The Balaban J connectivity index is 2.42. The van der Waals surface area contributed by atoms with Crippen molar-refractivity contribution in [1.29, 1.82) is 0 Å². The monoisotopic (exact) mass is 696 g/mol. The molecule has 0 aliphatic rings. The van der Waals surface area contributed by atoms with Crippen LogP contribution in [0.5, 0.6) is 0 Å². The topological polar surface area (TPSA) is 160 Å². The number of halogens is 3. The zero-order valence-corrected chi connectivity index (χ0v) is 27.9. The summed E-state index contributed by atoms with van der Waals surface area (Å²) in [5.74, 6) is -4.00. The van der Waals surface area contributed by atoms with E-state index < -0.39 is 73.3 Å². The lowest BCUT2D eigenvalue weighted by Gasteiger charge is -2.34. The van der Waals surface area contributed by atoms with Crippen molar-refractivity contribution < 1.29 is 44.7 Å². The first-order valence-corrected chi connectivity index (χ1v) is 17.7. The number of sulfonamides is 2. The Hall–Kier alpha value is -2.73. The van der Waals surface area contributed by atoms with Crippen molar-refractivity contribution in [2.45, 2.75) is 63.4 Å². The number of rotatable bonds is 18. The molecule has 2 aromatic carbocycles. The van der Waals surface area contributed by atoms with Crippen LogP contribution in [0.4, 0.5) is 8.78 Å². The molecule has 0 saturated heterocycles. The molecule has 0 fully saturated rings. The van der Waals surface area contributed by atoms with Crippen LogP contribution >= 0.6 is 11.6 Å². The standard InChI is InChI=1S/C28H39ClF2N4O8S2/c1-6-42-26(43-7-2)17-35(18(3)4)28(37)23(14-19-8-10-20(29)11-9-19)33-27(36)24(34-44(5,38)39)16-32-45(40,41)25-13-12-21(30)15-22(25)31/h8-13,15,18,23-24,26,32,34H,6-7,14,16-17H2,1-5H3,(H,33,36). The predicted octanol–water partition coefficient (Wildman–Crippen LogP) is 2.18. The highest BCUT2D eigenvalue weighted by atomic mass is 35.5. The molecule has 2 aromatic rings. The first kappa shape index (κ1) is 38.5. The van der Waals surface area contributed by atoms with Gasteiger partial charge in [0.25, 0.3) is 0 Å². The van der Waals surface area contributed by atoms with Crippen LogP contribution in [-0.2, 0) is 45.5 Å². The average molecular weight is 697 g/mol. The highest BCUT2D eigenvalue weighted by Crippen LogP contribution is 2.17. The van der Waals surface area contributed by atoms with Crippen molar-refractivity contribution in [2.24, 2.45) is 0 Å². The van der Waals surface area contributed by atoms with Crippen LogP contribution in [0.1, 0.15) is 33.3 Å². The SMILES string of the molecule is CCOC(CN(C(=O)C(Cc1ccc(Cl)cc1)NC(=O)C(CNS(=O)(=O)c1ccc(F)cc1F)NS(C)(=O)=O)C(C)C)OCC. The van der Waals surface area contributed by atoms with Crippen molar-refractivity contribution in [3.63, 3.8) is 0 Å². The molecule has 2 atom stereocenters. The number of carbonyl (C=O) groups is 2. The number of hydrogen-bond donors (Lipinski definition) is 3. The van der Waals surface area contributed by atoms with Gasteiger partial charge in [0.1, 0.15) is 28.6 Å². The zero-order chi connectivity index (χ0) is 33.9. The lowest BCUT2D eigenvalue weighted by atomic mass is 10.0. The van der Waals surface area contributed by atoms with Crippen LogP contribution in [0.25, 0.3) is 0 Å². The van der Waals surface area contributed by atoms with Crippen molar-refractivity contribution in [3.05, 3.63) is 64.7 Å². The van der Waals surface area contributed by atoms with Gasteiger partial charge >= 0.3 is 0 Å². The first-order valence-electron chi connectivity index (χ1n) is 14.0. The Kier molecular flexibility index (Phi) is 14.7. The molecular formula is C28H39ClF2N4O8S2. The predicted molar refractivity (Wildman–Crippen MR) is 164 cm³/mol. The molecule has 2 amide bonds. The third-order valence-corrected chi connectivity index (χ3v) is 8.68. The maximum absolute atomic E-state index is 14.2. The maximum atomic E-state index is 14.2. The van der Waals surface area contributed by atoms with E-state index in [-0.39, 0.29) is 19.0 Å². The second kappa shape index (κ2) is 17.3. The number of benzene rings is 2. The summed E-state index contributed by atoms with van der Waals surface area (Å²) in [5, 5.41) is 2.98. The van der Waals surface area contributed by atoms with Crippen LogP contribution in [0.3, 0.4) is 0 Å². The molecule has 0 radical (unpaired) electrons. The number of carbonyl (C=O) groups excluding carboxylic acids is 2. The molecular weight excluding hydrogens is 658 g/mol. The number of nitrogens with zero attached hydrogens (tertiary/aromatic N) is 1. The summed E-state index contributed by atoms with van der Waals surface area (Å²) in [6.45, 7) is 6.81. The van der Waals surface area contributed by atoms with Crippen molar-refractivity contribution in [1.82, 2.24) is 19.7 Å². The normalized spacial score (nSPS) is 13.6. The summed E-state index contributed by atoms with van der Waals surface area (Å²) in [5.41, 5.74) is 0.605. The van der Waals surface area contributed by atoms with E-state index in [0.29, 0.717) is 35.9 Å². The van der Waals surface area contributed by atoms with Gasteiger partial charge in [-0.1, -0.05) is 23.7 Å². The van der Waals surface area contributed by atoms with E-state index in [2.05, 4.69) is 5.32 Å². The van der Waals surface area contributed by atoms with Crippen LogP contribution in [0.2, 0.25) is 5.02 Å². The van der Waals surface area contributed by atoms with Gasteiger partial charge in [-0.25, -0.2) is 35.1 Å². The number of amides is 2. The Morgan fingerprint density at radius 1 is 0.956 bits per heavy atom. The summed E-state index contributed by atoms with van der Waals surface area (Å²) >= 11 is 6.00. The van der Waals surface area contributed by atoms with Crippen molar-refractivity contribution in [3.8, 4) is 0 Å². The minimum Gasteiger partial charge on any atom is -0.351 e. The van der Waals surface area contributed by atoms with Crippen LogP contribution in [0, 0.1) is 11.6 Å². The third kappa shape index (κ3) is 12.5. The van der Waals surface area contributed by atoms with Gasteiger partial charge in [-0.2, -0.15) is 0 Å². The second-order valence-corrected chi connectivity index (χ2v) is 14.1. The van der Waals surface area contributed by atoms with Crippen molar-refractivity contribution in [2.75, 3.05) is 32.6 Å². The van der Waals surface area contributed by atoms with Crippen LogP contribution in [0.15, 0.2) is 47.4 Å². The van der Waals surface area contributed by atoms with E-state index in [0.717, 1.165) is 12.3 Å². The Morgan fingerprint density at radius 3 is 2.07 bits per heavy atom. The quantitative estimate of drug-likeness (QED) is 0.200. The van der Waals surface area contributed by atoms with Gasteiger partial charge in [-0.3, -0.25) is 9.59 Å². The highest BCUT2D eigenvalue weighted by Gasteiger charge is 2.33. The zero-order valence-electron chi connectivity index (χ0n) is 25.5. The molecule has 0 aliphatic carbocycles. The van der Waals surface area contributed by atoms with Crippen molar-refractivity contribution >= 4 is 43.5 Å². The molecule has 3 N–H and O–H groups in total. The molecule has 0 aliphatic heterocycles. The molecule has 252 valence electrons. The van der Waals surface area contributed by atoms with E-state index in [4.69, 9.17) is 21.1 Å². The molecule has 45 heavy (non-hydrogen) atoms. The molecule has 2 rings (SSSR count). The minimum absolute atomic E-state index is 0.0131. The highest BCUT2D eigenvalue weighted by molar-refractivity contribution is 7.89. The van der Waals surface area contributed by atoms with Crippen LogP contribution < -0.4 is 14.8 Å². The molecule has 0 aromatic heterocycles. The third-order valence-electron chi connectivity index (χ3n) is 6.26. The molecule has 0 saturated carbocycles. The summed E-state index contributed by atoms with van der Waals surface area (Å²) in [6.07, 6.45) is -0.0594. The summed E-state index contributed by atoms with van der Waals surface area (Å²) in [6, 6.07) is 4.85. The molecule has 12 nitrogen and oxygen atoms in total. The van der Waals surface area contributed by atoms with Crippen LogP contribution in [-0.4, -0.2) is 90.5 Å². The smallest absolute Gasteiger partial charge is 0.245 e. The van der Waals surface area contributed by atoms with Gasteiger partial charge in [-0.05, 0) is 57.5 Å². The summed E-state index contributed by atoms with van der Waals surface area (Å²) in [7, 11) is -8.77. The first-order chi connectivity index (χ1) is 21.0. The number of ether oxygens (including phenoxy) is 2. The van der Waals surface area contributed by atoms with Gasteiger partial charge in [0, 0.05) is 43.3 Å². The minimum atomic E-state index is -4.66. The molecule has 0 spiro atoms. The average Bonchev–Trinajstić information content (AvgIpc) is 2.93. The van der Waals surface area contributed by atoms with E-state index >= 15 is 0 Å². The van der Waals surface area contributed by atoms with E-state index in [1.807, 2.05) is 9.44 Å². The second-order valence-electron chi connectivity index (χ2n) is 10.2. The fourth-order valence-electron chi connectivity index (χ4n) is 4.18. The van der Waals surface area contributed by atoms with Gasteiger partial charge in [0.05, 0.1) is 12.8 Å². The maximum Gasteiger partial charge on any atom is 0.245 e. The van der Waals surface area contributed by atoms with Gasteiger partial charge in [0.2, 0.25) is 31.9 Å². The molecule has 2 unspecified atom stereocenters. The van der Waals surface area contributed by atoms with Gasteiger partial charge in [-0.15, -0.1) is 0 Å². The fraction of sp³-hybridized carbons (Fsp3) is 0.500. The Labute approximate surface area is 267 Å². The van der Waals surface area contributed by atoms with Gasteiger partial charge in [0.15, 0.2) is 6.29 Å². The Morgan fingerprint density at radius 2 is 1.56 bits per heavy atom. The lowest BCUT2D eigenvalue weighted by molar-refractivity contribution is -0.163. The molecule has 0 heterocycles. The number of hydrogen-bond acceptors (Lipinski definition) is 8. The number of nitrogens with one attached hydrogen (secondary N) is 3. The largest absolute Gasteiger partial charge is 0.351 e. The van der Waals surface area contributed by atoms with E-state index in [9.17, 15) is 35.2 Å². The molecule has 0 bridgehead atoms. The summed E-state index contributed by atoms with van der Waals surface area (Å²) in [4.78, 5) is 28.0. The fourth-order valence-corrected chi connectivity index (χ4v) is 6.12. The summed E-state index contributed by atoms with van der Waals surface area (Å²) < 4.78 is 92.5. The lowest BCUT2D eigenvalue weighted by Crippen LogP contribution is -2.59.